The van der Waals surface area contributed by atoms with Gasteiger partial charge in [0.2, 0.25) is 0 Å². The molecule has 2 aromatic carbocycles. The smallest absolute Gasteiger partial charge is 0.338 e. The van der Waals surface area contributed by atoms with Crippen molar-refractivity contribution in [1.29, 1.82) is 0 Å². The second-order valence-corrected chi connectivity index (χ2v) is 7.36. The lowest BCUT2D eigenvalue weighted by atomic mass is 9.87. The highest BCUT2D eigenvalue weighted by Crippen LogP contribution is 2.24. The molecule has 0 heterocycles. The summed E-state index contributed by atoms with van der Waals surface area (Å²) in [4.78, 5) is 23.9. The summed E-state index contributed by atoms with van der Waals surface area (Å²) in [7, 11) is 0. The summed E-state index contributed by atoms with van der Waals surface area (Å²) in [6.45, 7) is 10.3. The van der Waals surface area contributed by atoms with E-state index in [0.29, 0.717) is 23.6 Å². The molecule has 0 aliphatic heterocycles. The molecular weight excluding hydrogens is 342 g/mol. The Kier molecular flexibility index (Phi) is 6.61. The summed E-state index contributed by atoms with van der Waals surface area (Å²) < 4.78 is 10.5. The van der Waals surface area contributed by atoms with Crippen LogP contribution in [0.1, 0.15) is 49.2 Å². The van der Waals surface area contributed by atoms with Crippen LogP contribution < -0.4 is 10.1 Å². The van der Waals surface area contributed by atoms with E-state index < -0.39 is 0 Å². The summed E-state index contributed by atoms with van der Waals surface area (Å²) in [5.74, 6) is 0.00919. The topological polar surface area (TPSA) is 64.6 Å². The van der Waals surface area contributed by atoms with E-state index in [1.165, 1.54) is 5.56 Å². The first kappa shape index (κ1) is 20.5. The van der Waals surface area contributed by atoms with Gasteiger partial charge in [-0.05, 0) is 60.7 Å². The second kappa shape index (κ2) is 8.71. The van der Waals surface area contributed by atoms with Gasteiger partial charge >= 0.3 is 5.97 Å². The molecule has 0 radical (unpaired) electrons. The molecule has 0 aliphatic carbocycles. The van der Waals surface area contributed by atoms with Gasteiger partial charge in [-0.15, -0.1) is 0 Å². The predicted molar refractivity (Wildman–Crippen MR) is 106 cm³/mol. The molecule has 27 heavy (non-hydrogen) atoms. The molecule has 0 saturated heterocycles. The van der Waals surface area contributed by atoms with Gasteiger partial charge in [0.05, 0.1) is 12.2 Å². The number of hydrogen-bond acceptors (Lipinski definition) is 4. The molecule has 0 spiro atoms. The fourth-order valence-corrected chi connectivity index (χ4v) is 2.53. The molecule has 0 aromatic heterocycles. The molecule has 0 fully saturated rings. The van der Waals surface area contributed by atoms with Crippen LogP contribution in [0.3, 0.4) is 0 Å². The zero-order valence-electron chi connectivity index (χ0n) is 16.6. The van der Waals surface area contributed by atoms with Crippen LogP contribution in [0.4, 0.5) is 5.69 Å². The maximum atomic E-state index is 12.2. The van der Waals surface area contributed by atoms with Gasteiger partial charge in [0.25, 0.3) is 5.91 Å². The Labute approximate surface area is 160 Å². The van der Waals surface area contributed by atoms with Crippen LogP contribution in [0.2, 0.25) is 0 Å². The van der Waals surface area contributed by atoms with Gasteiger partial charge in [0.15, 0.2) is 6.61 Å². The molecule has 2 rings (SSSR count). The monoisotopic (exact) mass is 369 g/mol. The van der Waals surface area contributed by atoms with Gasteiger partial charge in [-0.1, -0.05) is 32.9 Å². The van der Waals surface area contributed by atoms with Crippen LogP contribution in [-0.4, -0.2) is 25.1 Å². The number of aryl methyl sites for hydroxylation is 1. The van der Waals surface area contributed by atoms with Crippen molar-refractivity contribution in [1.82, 2.24) is 0 Å². The minimum atomic E-state index is -0.375. The van der Waals surface area contributed by atoms with E-state index in [9.17, 15) is 9.59 Å². The van der Waals surface area contributed by atoms with Crippen molar-refractivity contribution in [2.45, 2.75) is 40.0 Å². The molecule has 1 N–H and O–H groups in total. The van der Waals surface area contributed by atoms with Crippen LogP contribution in [0.15, 0.2) is 42.5 Å². The standard InChI is InChI=1S/C22H27NO4/c1-6-26-21(25)16-7-12-19(15(2)13-16)23-20(24)14-27-18-10-8-17(9-11-18)22(3,4)5/h7-13H,6,14H2,1-5H3,(H,23,24). The summed E-state index contributed by atoms with van der Waals surface area (Å²) >= 11 is 0. The Balaban J connectivity index is 1.93. The van der Waals surface area contributed by atoms with Gasteiger partial charge in [0, 0.05) is 5.69 Å². The SMILES string of the molecule is CCOC(=O)c1ccc(NC(=O)COc2ccc(C(C)(C)C)cc2)c(C)c1. The maximum Gasteiger partial charge on any atom is 0.338 e. The van der Waals surface area contributed by atoms with E-state index in [2.05, 4.69) is 26.1 Å². The van der Waals surface area contributed by atoms with Crippen molar-refractivity contribution in [2.75, 3.05) is 18.5 Å². The Morgan fingerprint density at radius 2 is 1.70 bits per heavy atom. The summed E-state index contributed by atoms with van der Waals surface area (Å²) in [6.07, 6.45) is 0. The minimum absolute atomic E-state index is 0.0726. The van der Waals surface area contributed by atoms with Gasteiger partial charge in [0.1, 0.15) is 5.75 Å². The van der Waals surface area contributed by atoms with E-state index >= 15 is 0 Å². The molecule has 144 valence electrons. The largest absolute Gasteiger partial charge is 0.484 e. The van der Waals surface area contributed by atoms with Gasteiger partial charge in [-0.3, -0.25) is 4.79 Å². The fourth-order valence-electron chi connectivity index (χ4n) is 2.53. The van der Waals surface area contributed by atoms with Crippen LogP contribution in [0, 0.1) is 6.92 Å². The van der Waals surface area contributed by atoms with Crippen molar-refractivity contribution in [2.24, 2.45) is 0 Å². The van der Waals surface area contributed by atoms with Crippen LogP contribution in [0.25, 0.3) is 0 Å². The van der Waals surface area contributed by atoms with Crippen LogP contribution >= 0.6 is 0 Å². The Morgan fingerprint density at radius 1 is 1.04 bits per heavy atom. The first-order valence-electron chi connectivity index (χ1n) is 9.01. The maximum absolute atomic E-state index is 12.2. The number of amides is 1. The molecule has 2 aromatic rings. The molecule has 0 unspecified atom stereocenters. The third-order valence-corrected chi connectivity index (χ3v) is 4.10. The average molecular weight is 369 g/mol. The molecule has 5 nitrogen and oxygen atoms in total. The number of esters is 1. The third-order valence-electron chi connectivity index (χ3n) is 4.10. The number of nitrogens with one attached hydrogen (secondary N) is 1. The van der Waals surface area contributed by atoms with Crippen molar-refractivity contribution in [3.8, 4) is 5.75 Å². The molecule has 0 atom stereocenters. The predicted octanol–water partition coefficient (Wildman–Crippen LogP) is 4.49. The van der Waals surface area contributed by atoms with Gasteiger partial charge < -0.3 is 14.8 Å². The first-order chi connectivity index (χ1) is 12.7. The van der Waals surface area contributed by atoms with Crippen molar-refractivity contribution < 1.29 is 19.1 Å². The lowest BCUT2D eigenvalue weighted by Gasteiger charge is -2.19. The normalized spacial score (nSPS) is 11.0. The molecule has 0 bridgehead atoms. The van der Waals surface area contributed by atoms with E-state index in [0.717, 1.165) is 5.56 Å². The van der Waals surface area contributed by atoms with Crippen LogP contribution in [-0.2, 0) is 14.9 Å². The Morgan fingerprint density at radius 3 is 2.26 bits per heavy atom. The number of carbonyl (C=O) groups is 2. The van der Waals surface area contributed by atoms with Crippen molar-refractivity contribution in [3.63, 3.8) is 0 Å². The van der Waals surface area contributed by atoms with Crippen molar-refractivity contribution >= 4 is 17.6 Å². The highest BCUT2D eigenvalue weighted by Gasteiger charge is 2.14. The quantitative estimate of drug-likeness (QED) is 0.762. The molecular formula is C22H27NO4. The summed E-state index contributed by atoms with van der Waals surface area (Å²) in [6, 6.07) is 12.8. The molecule has 0 aliphatic rings. The minimum Gasteiger partial charge on any atom is -0.484 e. The number of hydrogen-bond donors (Lipinski definition) is 1. The zero-order valence-corrected chi connectivity index (χ0v) is 16.6. The van der Waals surface area contributed by atoms with E-state index in [1.54, 1.807) is 25.1 Å². The number of rotatable bonds is 6. The number of benzene rings is 2. The Hall–Kier alpha value is -2.82. The van der Waals surface area contributed by atoms with Gasteiger partial charge in [-0.25, -0.2) is 4.79 Å². The highest BCUT2D eigenvalue weighted by atomic mass is 16.5. The Bertz CT molecular complexity index is 804. The third kappa shape index (κ3) is 5.84. The lowest BCUT2D eigenvalue weighted by molar-refractivity contribution is -0.118. The van der Waals surface area contributed by atoms with E-state index in [1.807, 2.05) is 31.2 Å². The van der Waals surface area contributed by atoms with E-state index in [-0.39, 0.29) is 23.9 Å². The zero-order chi connectivity index (χ0) is 20.0. The van der Waals surface area contributed by atoms with E-state index in [4.69, 9.17) is 9.47 Å². The first-order valence-corrected chi connectivity index (χ1v) is 9.01. The number of anilines is 1. The second-order valence-electron chi connectivity index (χ2n) is 7.36. The fraction of sp³-hybridized carbons (Fsp3) is 0.364. The molecule has 1 amide bonds. The average Bonchev–Trinajstić information content (AvgIpc) is 2.61. The summed E-state index contributed by atoms with van der Waals surface area (Å²) in [5, 5.41) is 2.80. The highest BCUT2D eigenvalue weighted by molar-refractivity contribution is 5.94. The lowest BCUT2D eigenvalue weighted by Crippen LogP contribution is -2.21. The number of carbonyl (C=O) groups excluding carboxylic acids is 2. The summed E-state index contributed by atoms with van der Waals surface area (Å²) in [5.41, 5.74) is 3.16. The van der Waals surface area contributed by atoms with Crippen LogP contribution in [0.5, 0.6) is 5.75 Å². The molecule has 0 saturated carbocycles. The van der Waals surface area contributed by atoms with Gasteiger partial charge in [-0.2, -0.15) is 0 Å². The molecule has 5 heteroatoms. The number of ether oxygens (including phenoxy) is 2. The van der Waals surface area contributed by atoms with Crippen molar-refractivity contribution in [3.05, 3.63) is 59.2 Å².